The molecule has 0 aromatic heterocycles. The summed E-state index contributed by atoms with van der Waals surface area (Å²) in [7, 11) is -9.91. The zero-order valence-electron chi connectivity index (χ0n) is 62.7. The van der Waals surface area contributed by atoms with Gasteiger partial charge in [0.05, 0.1) is 26.4 Å². The first-order chi connectivity index (χ1) is 46.4. The van der Waals surface area contributed by atoms with Crippen molar-refractivity contribution in [1.29, 1.82) is 0 Å². The van der Waals surface area contributed by atoms with E-state index in [1.807, 2.05) is 0 Å². The molecule has 0 radical (unpaired) electrons. The van der Waals surface area contributed by atoms with Crippen LogP contribution in [0.1, 0.15) is 401 Å². The Hall–Kier alpha value is -1.94. The van der Waals surface area contributed by atoms with Crippen LogP contribution >= 0.6 is 15.6 Å². The van der Waals surface area contributed by atoms with E-state index in [-0.39, 0.29) is 25.7 Å². The Balaban J connectivity index is 5.24. The van der Waals surface area contributed by atoms with Crippen LogP contribution in [0.4, 0.5) is 0 Å². The molecule has 0 aliphatic carbocycles. The topological polar surface area (TPSA) is 237 Å². The van der Waals surface area contributed by atoms with Crippen molar-refractivity contribution in [3.8, 4) is 0 Å². The van der Waals surface area contributed by atoms with Crippen molar-refractivity contribution in [1.82, 2.24) is 0 Å². The van der Waals surface area contributed by atoms with Crippen LogP contribution in [0, 0.1) is 11.8 Å². The van der Waals surface area contributed by atoms with Crippen molar-refractivity contribution in [2.75, 3.05) is 39.6 Å². The molecule has 0 spiro atoms. The lowest BCUT2D eigenvalue weighted by Crippen LogP contribution is -2.30. The van der Waals surface area contributed by atoms with Gasteiger partial charge in [-0.05, 0) is 37.5 Å². The quantitative estimate of drug-likeness (QED) is 0.0222. The van der Waals surface area contributed by atoms with Gasteiger partial charge in [0.1, 0.15) is 19.3 Å². The van der Waals surface area contributed by atoms with Gasteiger partial charge < -0.3 is 33.8 Å². The first-order valence-corrected chi connectivity index (χ1v) is 43.0. The van der Waals surface area contributed by atoms with Gasteiger partial charge in [0.15, 0.2) is 12.2 Å². The van der Waals surface area contributed by atoms with Crippen LogP contribution in [-0.2, 0) is 65.4 Å². The SMILES string of the molecule is CCCCCCCCCCCCCCCCC(=O)OC[C@H](COP(=O)(O)OC[C@@H](O)COP(=O)(O)OC[C@@H](COC(=O)CCCCCCCCCCCCC)OC(=O)CCCCCCCCCCC(C)CC)OC(=O)CCCCCCCCCCCCCCCCCCC(C)C. The fourth-order valence-electron chi connectivity index (χ4n) is 11.8. The van der Waals surface area contributed by atoms with Crippen molar-refractivity contribution in [2.24, 2.45) is 11.8 Å². The summed E-state index contributed by atoms with van der Waals surface area (Å²) < 4.78 is 68.6. The highest BCUT2D eigenvalue weighted by atomic mass is 31.2. The van der Waals surface area contributed by atoms with Gasteiger partial charge in [0.25, 0.3) is 0 Å². The molecule has 0 aromatic rings. The molecule has 0 fully saturated rings. The second-order valence-electron chi connectivity index (χ2n) is 28.5. The molecular formula is C77H150O17P2. The fraction of sp³-hybridized carbons (Fsp3) is 0.948. The Morgan fingerprint density at radius 1 is 0.302 bits per heavy atom. The summed E-state index contributed by atoms with van der Waals surface area (Å²) in [6.45, 7) is 9.63. The number of aliphatic hydroxyl groups is 1. The summed E-state index contributed by atoms with van der Waals surface area (Å²) in [6.07, 6.45) is 56.7. The van der Waals surface area contributed by atoms with Crippen LogP contribution in [0.2, 0.25) is 0 Å². The van der Waals surface area contributed by atoms with E-state index in [1.54, 1.807) is 0 Å². The molecule has 0 bridgehead atoms. The molecule has 0 rings (SSSR count). The number of phosphoric ester groups is 2. The lowest BCUT2D eigenvalue weighted by atomic mass is 9.99. The van der Waals surface area contributed by atoms with Crippen molar-refractivity contribution in [3.05, 3.63) is 0 Å². The molecule has 0 saturated heterocycles. The molecule has 17 nitrogen and oxygen atoms in total. The lowest BCUT2D eigenvalue weighted by molar-refractivity contribution is -0.161. The number of ether oxygens (including phenoxy) is 4. The van der Waals surface area contributed by atoms with E-state index in [0.29, 0.717) is 25.7 Å². The molecule has 0 aliphatic heterocycles. The molecular weight excluding hydrogens is 1260 g/mol. The standard InChI is InChI=1S/C77H150O17P2/c1-7-10-12-14-16-18-20-21-27-31-35-42-48-54-60-75(80)88-65-72(93-76(81)61-55-49-43-36-32-28-25-23-22-24-26-30-33-39-45-51-57-69(4)5)67-91-95(83,84)89-63-71(78)64-90-96(85,86)92-68-73(66-87-74(79)59-53-47-41-34-29-19-17-15-13-11-8-2)94-77(82)62-56-50-44-38-37-40-46-52-58-70(6)9-3/h69-73,78H,7-68H2,1-6H3,(H,83,84)(H,85,86)/t70?,71-,72-,73-/m1/s1. The van der Waals surface area contributed by atoms with E-state index in [1.165, 1.54) is 218 Å². The Morgan fingerprint density at radius 3 is 0.792 bits per heavy atom. The summed E-state index contributed by atoms with van der Waals surface area (Å²) in [6, 6.07) is 0. The zero-order chi connectivity index (χ0) is 70.7. The van der Waals surface area contributed by atoms with Gasteiger partial charge in [-0.3, -0.25) is 37.3 Å². The number of unbranched alkanes of at least 4 members (excludes halogenated alkanes) is 45. The minimum Gasteiger partial charge on any atom is -0.462 e. The average molecular weight is 1410 g/mol. The number of rotatable bonds is 76. The van der Waals surface area contributed by atoms with Crippen LogP contribution in [0.15, 0.2) is 0 Å². The second kappa shape index (κ2) is 68.8. The first-order valence-electron chi connectivity index (χ1n) is 40.0. The van der Waals surface area contributed by atoms with Crippen LogP contribution in [0.3, 0.4) is 0 Å². The van der Waals surface area contributed by atoms with E-state index in [2.05, 4.69) is 41.5 Å². The number of hydrogen-bond donors (Lipinski definition) is 3. The molecule has 19 heteroatoms. The highest BCUT2D eigenvalue weighted by Gasteiger charge is 2.30. The monoisotopic (exact) mass is 1410 g/mol. The molecule has 0 amide bonds. The van der Waals surface area contributed by atoms with Crippen LogP contribution in [-0.4, -0.2) is 96.7 Å². The van der Waals surface area contributed by atoms with Gasteiger partial charge >= 0.3 is 39.5 Å². The molecule has 570 valence electrons. The maximum atomic E-state index is 13.1. The third kappa shape index (κ3) is 69.2. The Bertz CT molecular complexity index is 1860. The molecule has 0 heterocycles. The molecule has 3 N–H and O–H groups in total. The fourth-order valence-corrected chi connectivity index (χ4v) is 13.4. The molecule has 3 unspecified atom stereocenters. The number of carbonyl (C=O) groups is 4. The lowest BCUT2D eigenvalue weighted by Gasteiger charge is -2.21. The van der Waals surface area contributed by atoms with Gasteiger partial charge in [-0.25, -0.2) is 9.13 Å². The van der Waals surface area contributed by atoms with E-state index < -0.39 is 97.5 Å². The number of phosphoric acid groups is 2. The smallest absolute Gasteiger partial charge is 0.462 e. The van der Waals surface area contributed by atoms with E-state index in [0.717, 1.165) is 102 Å². The number of esters is 4. The van der Waals surface area contributed by atoms with Gasteiger partial charge in [-0.2, -0.15) is 0 Å². The summed E-state index contributed by atoms with van der Waals surface area (Å²) in [5.41, 5.74) is 0. The number of aliphatic hydroxyl groups excluding tert-OH is 1. The van der Waals surface area contributed by atoms with Crippen LogP contribution in [0.25, 0.3) is 0 Å². The highest BCUT2D eigenvalue weighted by molar-refractivity contribution is 7.47. The van der Waals surface area contributed by atoms with Crippen LogP contribution in [0.5, 0.6) is 0 Å². The van der Waals surface area contributed by atoms with E-state index in [4.69, 9.17) is 37.0 Å². The highest BCUT2D eigenvalue weighted by Crippen LogP contribution is 2.45. The molecule has 96 heavy (non-hydrogen) atoms. The van der Waals surface area contributed by atoms with Crippen molar-refractivity contribution in [2.45, 2.75) is 419 Å². The van der Waals surface area contributed by atoms with Gasteiger partial charge in [-0.1, -0.05) is 350 Å². The molecule has 6 atom stereocenters. The Labute approximate surface area is 588 Å². The van der Waals surface area contributed by atoms with Gasteiger partial charge in [0.2, 0.25) is 0 Å². The summed E-state index contributed by atoms with van der Waals surface area (Å²) in [5, 5.41) is 10.6. The number of hydrogen-bond acceptors (Lipinski definition) is 15. The van der Waals surface area contributed by atoms with Gasteiger partial charge in [-0.15, -0.1) is 0 Å². The molecule has 0 aromatic carbocycles. The second-order valence-corrected chi connectivity index (χ2v) is 31.4. The number of carbonyl (C=O) groups excluding carboxylic acids is 4. The Kier molecular flexibility index (Phi) is 67.4. The summed E-state index contributed by atoms with van der Waals surface area (Å²) in [4.78, 5) is 72.9. The third-order valence-corrected chi connectivity index (χ3v) is 20.2. The minimum absolute atomic E-state index is 0.105. The zero-order valence-corrected chi connectivity index (χ0v) is 64.5. The van der Waals surface area contributed by atoms with Crippen molar-refractivity contribution < 1.29 is 80.2 Å². The third-order valence-electron chi connectivity index (χ3n) is 18.3. The largest absolute Gasteiger partial charge is 0.472 e. The van der Waals surface area contributed by atoms with Crippen LogP contribution < -0.4 is 0 Å². The van der Waals surface area contributed by atoms with Crippen molar-refractivity contribution in [3.63, 3.8) is 0 Å². The maximum absolute atomic E-state index is 13.1. The Morgan fingerprint density at radius 2 is 0.531 bits per heavy atom. The predicted molar refractivity (Wildman–Crippen MR) is 391 cm³/mol. The molecule has 0 saturated carbocycles. The van der Waals surface area contributed by atoms with Crippen molar-refractivity contribution >= 4 is 39.5 Å². The van der Waals surface area contributed by atoms with E-state index >= 15 is 0 Å². The molecule has 0 aliphatic rings. The first kappa shape index (κ1) is 94.1. The predicted octanol–water partition coefficient (Wildman–Crippen LogP) is 22.7. The maximum Gasteiger partial charge on any atom is 0.472 e. The average Bonchev–Trinajstić information content (AvgIpc) is 1.36. The normalized spacial score (nSPS) is 14.3. The summed E-state index contributed by atoms with van der Waals surface area (Å²) >= 11 is 0. The summed E-state index contributed by atoms with van der Waals surface area (Å²) in [5.74, 6) is -0.535. The van der Waals surface area contributed by atoms with E-state index in [9.17, 15) is 43.2 Å². The van der Waals surface area contributed by atoms with Gasteiger partial charge in [0, 0.05) is 25.7 Å². The minimum atomic E-state index is -4.96.